The van der Waals surface area contributed by atoms with E-state index in [1.54, 1.807) is 7.11 Å². The Morgan fingerprint density at radius 3 is 3.07 bits per heavy atom. The molecule has 0 saturated carbocycles. The van der Waals surface area contributed by atoms with Gasteiger partial charge in [-0.2, -0.15) is 11.8 Å². The number of hydrogen-bond donors (Lipinski definition) is 1. The van der Waals surface area contributed by atoms with Crippen LogP contribution in [0.1, 0.15) is 12.8 Å². The maximum Gasteiger partial charge on any atom is 0.213 e. The molecule has 1 saturated heterocycles. The lowest BCUT2D eigenvalue weighted by Gasteiger charge is -2.23. The highest BCUT2D eigenvalue weighted by Crippen LogP contribution is 2.21. The van der Waals surface area contributed by atoms with Crippen LogP contribution in [0.3, 0.4) is 0 Å². The van der Waals surface area contributed by atoms with E-state index >= 15 is 0 Å². The molecule has 0 spiro atoms. The fraction of sp³-hybridized carbons (Fsp3) is 0.545. The molecule has 1 aromatic rings. The van der Waals surface area contributed by atoms with Crippen molar-refractivity contribution in [2.24, 2.45) is 0 Å². The van der Waals surface area contributed by atoms with Gasteiger partial charge in [0.05, 0.1) is 19.0 Å². The summed E-state index contributed by atoms with van der Waals surface area (Å²) in [6, 6.07) is 4.50. The molecular weight excluding hydrogens is 208 g/mol. The molecule has 3 nitrogen and oxygen atoms in total. The smallest absolute Gasteiger partial charge is 0.213 e. The lowest BCUT2D eigenvalue weighted by molar-refractivity contribution is 0.398. The molecule has 1 unspecified atom stereocenters. The second-order valence-electron chi connectivity index (χ2n) is 3.65. The molecule has 1 aliphatic rings. The van der Waals surface area contributed by atoms with Crippen LogP contribution in [-0.2, 0) is 0 Å². The van der Waals surface area contributed by atoms with Crippen LogP contribution < -0.4 is 10.1 Å². The second kappa shape index (κ2) is 5.26. The zero-order valence-electron chi connectivity index (χ0n) is 8.90. The van der Waals surface area contributed by atoms with Gasteiger partial charge >= 0.3 is 0 Å². The minimum atomic E-state index is 0.596. The average molecular weight is 224 g/mol. The number of rotatable bonds is 3. The first-order valence-electron chi connectivity index (χ1n) is 5.23. The van der Waals surface area contributed by atoms with E-state index in [4.69, 9.17) is 4.74 Å². The van der Waals surface area contributed by atoms with Crippen LogP contribution in [0.15, 0.2) is 18.3 Å². The normalized spacial score (nSPS) is 21.0. The van der Waals surface area contributed by atoms with Crippen molar-refractivity contribution in [1.29, 1.82) is 0 Å². The molecule has 2 heterocycles. The Kier molecular flexibility index (Phi) is 3.72. The Balaban J connectivity index is 1.91. The topological polar surface area (TPSA) is 34.1 Å². The highest BCUT2D eigenvalue weighted by atomic mass is 32.2. The predicted octanol–water partition coefficient (Wildman–Crippen LogP) is 2.40. The minimum Gasteiger partial charge on any atom is -0.481 e. The lowest BCUT2D eigenvalue weighted by Crippen LogP contribution is -2.25. The minimum absolute atomic E-state index is 0.596. The first kappa shape index (κ1) is 10.6. The Bertz CT molecular complexity index is 296. The third kappa shape index (κ3) is 3.02. The van der Waals surface area contributed by atoms with Crippen LogP contribution in [-0.4, -0.2) is 29.6 Å². The lowest BCUT2D eigenvalue weighted by atomic mass is 10.2. The molecule has 15 heavy (non-hydrogen) atoms. The molecule has 0 amide bonds. The summed E-state index contributed by atoms with van der Waals surface area (Å²) < 4.78 is 5.02. The Labute approximate surface area is 94.6 Å². The Morgan fingerprint density at radius 1 is 1.53 bits per heavy atom. The van der Waals surface area contributed by atoms with E-state index in [0.717, 1.165) is 5.69 Å². The van der Waals surface area contributed by atoms with Gasteiger partial charge in [-0.15, -0.1) is 0 Å². The monoisotopic (exact) mass is 224 g/mol. The van der Waals surface area contributed by atoms with Crippen molar-refractivity contribution < 1.29 is 4.74 Å². The maximum atomic E-state index is 5.02. The van der Waals surface area contributed by atoms with Gasteiger partial charge in [-0.05, 0) is 24.7 Å². The Hall–Kier alpha value is -0.900. The van der Waals surface area contributed by atoms with Crippen molar-refractivity contribution >= 4 is 17.4 Å². The summed E-state index contributed by atoms with van der Waals surface area (Å²) in [5.74, 6) is 3.17. The van der Waals surface area contributed by atoms with Gasteiger partial charge in [0, 0.05) is 17.9 Å². The van der Waals surface area contributed by atoms with Gasteiger partial charge in [0.15, 0.2) is 0 Å². The molecule has 1 atom stereocenters. The molecule has 1 aliphatic heterocycles. The van der Waals surface area contributed by atoms with Gasteiger partial charge in [0.25, 0.3) is 0 Å². The summed E-state index contributed by atoms with van der Waals surface area (Å²) in [6.45, 7) is 0. The van der Waals surface area contributed by atoms with Gasteiger partial charge in [-0.25, -0.2) is 4.98 Å². The molecule has 0 radical (unpaired) electrons. The number of hydrogen-bond acceptors (Lipinski definition) is 4. The second-order valence-corrected chi connectivity index (χ2v) is 4.80. The third-order valence-electron chi connectivity index (χ3n) is 2.48. The van der Waals surface area contributed by atoms with Gasteiger partial charge < -0.3 is 10.1 Å². The van der Waals surface area contributed by atoms with E-state index in [9.17, 15) is 0 Å². The van der Waals surface area contributed by atoms with E-state index < -0.39 is 0 Å². The molecule has 0 aliphatic carbocycles. The quantitative estimate of drug-likeness (QED) is 0.855. The summed E-state index contributed by atoms with van der Waals surface area (Å²) in [6.07, 6.45) is 4.41. The van der Waals surface area contributed by atoms with E-state index in [0.29, 0.717) is 11.9 Å². The van der Waals surface area contributed by atoms with Crippen LogP contribution in [0.25, 0.3) is 0 Å². The zero-order chi connectivity index (χ0) is 10.5. The van der Waals surface area contributed by atoms with Gasteiger partial charge in [0.1, 0.15) is 0 Å². The van der Waals surface area contributed by atoms with Crippen molar-refractivity contribution in [2.45, 2.75) is 18.9 Å². The largest absolute Gasteiger partial charge is 0.481 e. The summed E-state index contributed by atoms with van der Waals surface area (Å²) in [5, 5.41) is 3.49. The third-order valence-corrected chi connectivity index (χ3v) is 3.69. The standard InChI is InChI=1S/C11H16N2OS/c1-14-11-5-4-9(7-12-11)13-10-3-2-6-15-8-10/h4-5,7,10,13H,2-3,6,8H2,1H3. The first-order chi connectivity index (χ1) is 7.38. The average Bonchev–Trinajstić information content (AvgIpc) is 2.31. The number of anilines is 1. The van der Waals surface area contributed by atoms with Crippen molar-refractivity contribution in [2.75, 3.05) is 23.9 Å². The molecule has 0 aromatic carbocycles. The van der Waals surface area contributed by atoms with Crippen LogP contribution in [0.2, 0.25) is 0 Å². The van der Waals surface area contributed by atoms with E-state index in [2.05, 4.69) is 10.3 Å². The van der Waals surface area contributed by atoms with Gasteiger partial charge in [0.2, 0.25) is 5.88 Å². The van der Waals surface area contributed by atoms with Crippen LogP contribution in [0.4, 0.5) is 5.69 Å². The van der Waals surface area contributed by atoms with Crippen LogP contribution >= 0.6 is 11.8 Å². The molecular formula is C11H16N2OS. The molecule has 82 valence electrons. The number of nitrogens with one attached hydrogen (secondary N) is 1. The summed E-state index contributed by atoms with van der Waals surface area (Å²) in [5.41, 5.74) is 1.09. The summed E-state index contributed by atoms with van der Waals surface area (Å²) in [4.78, 5) is 4.17. The van der Waals surface area contributed by atoms with E-state index in [-0.39, 0.29) is 0 Å². The number of aromatic nitrogens is 1. The van der Waals surface area contributed by atoms with Crippen molar-refractivity contribution in [3.8, 4) is 5.88 Å². The number of ether oxygens (including phenoxy) is 1. The molecule has 1 fully saturated rings. The maximum absolute atomic E-state index is 5.02. The van der Waals surface area contributed by atoms with Gasteiger partial charge in [-0.1, -0.05) is 0 Å². The highest BCUT2D eigenvalue weighted by Gasteiger charge is 2.13. The van der Waals surface area contributed by atoms with Crippen LogP contribution in [0, 0.1) is 0 Å². The summed E-state index contributed by atoms with van der Waals surface area (Å²) >= 11 is 2.02. The van der Waals surface area contributed by atoms with Crippen LogP contribution in [0.5, 0.6) is 5.88 Å². The molecule has 1 aromatic heterocycles. The molecule has 0 bridgehead atoms. The summed E-state index contributed by atoms with van der Waals surface area (Å²) in [7, 11) is 1.63. The van der Waals surface area contributed by atoms with Crippen molar-refractivity contribution in [1.82, 2.24) is 4.98 Å². The number of thioether (sulfide) groups is 1. The molecule has 4 heteroatoms. The number of pyridine rings is 1. The van der Waals surface area contributed by atoms with Gasteiger partial charge in [-0.3, -0.25) is 0 Å². The van der Waals surface area contributed by atoms with E-state index in [1.807, 2.05) is 30.1 Å². The van der Waals surface area contributed by atoms with Crippen molar-refractivity contribution in [3.63, 3.8) is 0 Å². The number of methoxy groups -OCH3 is 1. The highest BCUT2D eigenvalue weighted by molar-refractivity contribution is 7.99. The first-order valence-corrected chi connectivity index (χ1v) is 6.38. The van der Waals surface area contributed by atoms with E-state index in [1.165, 1.54) is 24.3 Å². The predicted molar refractivity (Wildman–Crippen MR) is 64.8 cm³/mol. The Morgan fingerprint density at radius 2 is 2.47 bits per heavy atom. The SMILES string of the molecule is COc1ccc(NC2CCCSC2)cn1. The van der Waals surface area contributed by atoms with Crippen molar-refractivity contribution in [3.05, 3.63) is 18.3 Å². The molecule has 2 rings (SSSR count). The molecule has 1 N–H and O–H groups in total. The fourth-order valence-corrected chi connectivity index (χ4v) is 2.75. The fourth-order valence-electron chi connectivity index (χ4n) is 1.68. The zero-order valence-corrected chi connectivity index (χ0v) is 9.72. The number of nitrogens with zero attached hydrogens (tertiary/aromatic N) is 1.